The second-order valence-corrected chi connectivity index (χ2v) is 4.26. The van der Waals surface area contributed by atoms with Crippen LogP contribution in [0.4, 0.5) is 0 Å². The Kier molecular flexibility index (Phi) is 2.44. The van der Waals surface area contributed by atoms with Crippen LogP contribution in [0.5, 0.6) is 0 Å². The van der Waals surface area contributed by atoms with E-state index in [1.54, 1.807) is 12.1 Å². The normalized spacial score (nSPS) is 10.4. The van der Waals surface area contributed by atoms with Crippen molar-refractivity contribution in [2.24, 2.45) is 0 Å². The predicted octanol–water partition coefficient (Wildman–Crippen LogP) is 4.37. The highest BCUT2D eigenvalue weighted by molar-refractivity contribution is 9.10. The number of hydrogen-bond acceptors (Lipinski definition) is 2. The van der Waals surface area contributed by atoms with Crippen molar-refractivity contribution in [1.82, 2.24) is 0 Å². The molecule has 0 N–H and O–H groups in total. The van der Waals surface area contributed by atoms with Crippen LogP contribution in [0, 0.1) is 11.3 Å². The maximum Gasteiger partial charge on any atom is 0.204 e. The molecule has 1 aromatic heterocycles. The van der Waals surface area contributed by atoms with Crippen molar-refractivity contribution < 1.29 is 4.42 Å². The van der Waals surface area contributed by atoms with Crippen LogP contribution in [0.2, 0.25) is 10.0 Å². The molecule has 0 aliphatic rings. The van der Waals surface area contributed by atoms with Crippen molar-refractivity contribution in [2.45, 2.75) is 0 Å². The van der Waals surface area contributed by atoms with E-state index in [1.165, 1.54) is 0 Å². The van der Waals surface area contributed by atoms with Gasteiger partial charge in [-0.05, 0) is 22.0 Å². The molecule has 2 aromatic rings. The lowest BCUT2D eigenvalue weighted by Gasteiger charge is -1.98. The molecule has 0 aliphatic carbocycles. The highest BCUT2D eigenvalue weighted by Crippen LogP contribution is 2.37. The van der Waals surface area contributed by atoms with Crippen LogP contribution in [0.25, 0.3) is 11.0 Å². The van der Waals surface area contributed by atoms with Crippen LogP contribution in [-0.4, -0.2) is 0 Å². The highest BCUT2D eigenvalue weighted by Gasteiger charge is 2.13. The summed E-state index contributed by atoms with van der Waals surface area (Å²) < 4.78 is 5.87. The van der Waals surface area contributed by atoms with Gasteiger partial charge in [-0.25, -0.2) is 0 Å². The van der Waals surface area contributed by atoms with Gasteiger partial charge in [0.1, 0.15) is 6.07 Å². The molecule has 0 radical (unpaired) electrons. The summed E-state index contributed by atoms with van der Waals surface area (Å²) in [6, 6.07) is 5.09. The van der Waals surface area contributed by atoms with Crippen LogP contribution in [0.15, 0.2) is 21.0 Å². The van der Waals surface area contributed by atoms with Gasteiger partial charge in [-0.1, -0.05) is 23.2 Å². The Morgan fingerprint density at radius 1 is 1.36 bits per heavy atom. The van der Waals surface area contributed by atoms with Gasteiger partial charge >= 0.3 is 0 Å². The monoisotopic (exact) mass is 289 g/mol. The smallest absolute Gasteiger partial charge is 0.204 e. The Labute approximate surface area is 98.1 Å². The summed E-state index contributed by atoms with van der Waals surface area (Å²) in [5, 5.41) is 10.2. The summed E-state index contributed by atoms with van der Waals surface area (Å²) in [7, 11) is 0. The molecule has 0 aliphatic heterocycles. The van der Waals surface area contributed by atoms with E-state index in [0.29, 0.717) is 25.5 Å². The van der Waals surface area contributed by atoms with Gasteiger partial charge in [-0.15, -0.1) is 0 Å². The van der Waals surface area contributed by atoms with Crippen molar-refractivity contribution in [3.63, 3.8) is 0 Å². The lowest BCUT2D eigenvalue weighted by molar-refractivity contribution is 0.599. The molecule has 5 heteroatoms. The minimum Gasteiger partial charge on any atom is -0.444 e. The number of rotatable bonds is 0. The van der Waals surface area contributed by atoms with Crippen molar-refractivity contribution in [2.75, 3.05) is 0 Å². The quantitative estimate of drug-likeness (QED) is 0.676. The van der Waals surface area contributed by atoms with Crippen molar-refractivity contribution in [3.05, 3.63) is 32.4 Å². The van der Waals surface area contributed by atoms with Gasteiger partial charge in [-0.2, -0.15) is 5.26 Å². The van der Waals surface area contributed by atoms with Crippen LogP contribution in [0.3, 0.4) is 0 Å². The molecule has 0 bridgehead atoms. The molecule has 0 fully saturated rings. The van der Waals surface area contributed by atoms with Gasteiger partial charge in [-0.3, -0.25) is 0 Å². The predicted molar refractivity (Wildman–Crippen MR) is 58.6 cm³/mol. The number of halogens is 3. The zero-order valence-corrected chi connectivity index (χ0v) is 9.74. The summed E-state index contributed by atoms with van der Waals surface area (Å²) in [4.78, 5) is 0. The van der Waals surface area contributed by atoms with Crippen molar-refractivity contribution in [1.29, 1.82) is 5.26 Å². The third kappa shape index (κ3) is 1.40. The first-order chi connectivity index (χ1) is 6.63. The largest absolute Gasteiger partial charge is 0.444 e. The lowest BCUT2D eigenvalue weighted by atomic mass is 10.2. The second-order valence-electron chi connectivity index (χ2n) is 2.62. The molecule has 70 valence electrons. The molecule has 2 rings (SSSR count). The fraction of sp³-hybridized carbons (Fsp3) is 0. The van der Waals surface area contributed by atoms with E-state index in [0.717, 1.165) is 0 Å². The standard InChI is InChI=1S/C9H2BrCl2NO/c10-6-2-7(11)9-5(8(6)12)1-4(3-13)14-9/h1-2H. The maximum absolute atomic E-state index is 8.65. The molecule has 1 aromatic carbocycles. The van der Waals surface area contributed by atoms with Gasteiger partial charge < -0.3 is 4.42 Å². The molecule has 14 heavy (non-hydrogen) atoms. The van der Waals surface area contributed by atoms with E-state index in [9.17, 15) is 0 Å². The average Bonchev–Trinajstić information content (AvgIpc) is 2.58. The first kappa shape index (κ1) is 9.85. The summed E-state index contributed by atoms with van der Waals surface area (Å²) in [5.74, 6) is 0.196. The van der Waals surface area contributed by atoms with Gasteiger partial charge in [0.05, 0.1) is 10.0 Å². The third-order valence-corrected chi connectivity index (χ3v) is 3.30. The topological polar surface area (TPSA) is 36.9 Å². The Hall–Kier alpha value is -0.690. The van der Waals surface area contributed by atoms with Gasteiger partial charge in [0.2, 0.25) is 5.76 Å². The number of furan rings is 1. The lowest BCUT2D eigenvalue weighted by Crippen LogP contribution is -1.72. The molecule has 0 saturated carbocycles. The molecule has 0 saturated heterocycles. The number of nitrogens with zero attached hydrogens (tertiary/aromatic N) is 1. The van der Waals surface area contributed by atoms with Gasteiger partial charge in [0.25, 0.3) is 0 Å². The van der Waals surface area contributed by atoms with Gasteiger partial charge in [0.15, 0.2) is 5.58 Å². The van der Waals surface area contributed by atoms with Crippen molar-refractivity contribution in [3.8, 4) is 6.07 Å². The minimum atomic E-state index is 0.196. The van der Waals surface area contributed by atoms with Crippen molar-refractivity contribution >= 4 is 50.1 Å². The number of benzene rings is 1. The molecular formula is C9H2BrCl2NO. The van der Waals surface area contributed by atoms with E-state index < -0.39 is 0 Å². The van der Waals surface area contributed by atoms with Crippen LogP contribution in [0.1, 0.15) is 5.76 Å². The SMILES string of the molecule is N#Cc1cc2c(Cl)c(Br)cc(Cl)c2o1. The highest BCUT2D eigenvalue weighted by atomic mass is 79.9. The Morgan fingerprint density at radius 3 is 2.71 bits per heavy atom. The molecule has 0 spiro atoms. The molecule has 0 atom stereocenters. The molecule has 1 heterocycles. The number of nitriles is 1. The zero-order valence-electron chi connectivity index (χ0n) is 6.64. The van der Waals surface area contributed by atoms with E-state index in [-0.39, 0.29) is 5.76 Å². The molecular weight excluding hydrogens is 289 g/mol. The summed E-state index contributed by atoms with van der Waals surface area (Å²) in [6.45, 7) is 0. The zero-order chi connectivity index (χ0) is 10.3. The van der Waals surface area contributed by atoms with Crippen LogP contribution >= 0.6 is 39.1 Å². The fourth-order valence-electron chi connectivity index (χ4n) is 1.16. The Balaban J connectivity index is 2.93. The Morgan fingerprint density at radius 2 is 2.07 bits per heavy atom. The van der Waals surface area contributed by atoms with Gasteiger partial charge in [0, 0.05) is 15.9 Å². The third-order valence-electron chi connectivity index (χ3n) is 1.76. The summed E-state index contributed by atoms with van der Waals surface area (Å²) in [6.07, 6.45) is 0. The first-order valence-corrected chi connectivity index (χ1v) is 5.15. The van der Waals surface area contributed by atoms with E-state index in [1.807, 2.05) is 6.07 Å². The van der Waals surface area contributed by atoms with E-state index in [4.69, 9.17) is 32.9 Å². The van der Waals surface area contributed by atoms with E-state index >= 15 is 0 Å². The molecule has 2 nitrogen and oxygen atoms in total. The maximum atomic E-state index is 8.65. The average molecular weight is 291 g/mol. The second kappa shape index (κ2) is 3.47. The fourth-order valence-corrected chi connectivity index (χ4v) is 2.17. The van der Waals surface area contributed by atoms with Crippen LogP contribution < -0.4 is 0 Å². The minimum absolute atomic E-state index is 0.196. The molecule has 0 amide bonds. The molecule has 0 unspecified atom stereocenters. The van der Waals surface area contributed by atoms with Crippen LogP contribution in [-0.2, 0) is 0 Å². The number of fused-ring (bicyclic) bond motifs is 1. The summed E-state index contributed by atoms with van der Waals surface area (Å²) in [5.41, 5.74) is 0.441. The Bertz CT molecular complexity index is 556. The van der Waals surface area contributed by atoms with E-state index in [2.05, 4.69) is 15.9 Å². The first-order valence-electron chi connectivity index (χ1n) is 3.60. The summed E-state index contributed by atoms with van der Waals surface area (Å²) >= 11 is 15.2. The number of hydrogen-bond donors (Lipinski definition) is 0.